The van der Waals surface area contributed by atoms with E-state index >= 15 is 0 Å². The molecule has 2 heterocycles. The Morgan fingerprint density at radius 3 is 2.91 bits per heavy atom. The largest absolute Gasteiger partial charge is 0.356 e. The number of hydrogen-bond acceptors (Lipinski definition) is 5. The minimum atomic E-state index is 0.232. The van der Waals surface area contributed by atoms with Crippen molar-refractivity contribution in [2.75, 3.05) is 12.3 Å². The molecule has 124 valence electrons. The number of rotatable bonds is 6. The predicted molar refractivity (Wildman–Crippen MR) is 90.6 cm³/mol. The van der Waals surface area contributed by atoms with Crippen LogP contribution in [0.15, 0.2) is 11.2 Å². The van der Waals surface area contributed by atoms with Crippen LogP contribution in [0.5, 0.6) is 0 Å². The number of aromatic nitrogens is 4. The van der Waals surface area contributed by atoms with E-state index in [0.717, 1.165) is 53.9 Å². The molecule has 0 spiro atoms. The fourth-order valence-electron chi connectivity index (χ4n) is 3.08. The summed E-state index contributed by atoms with van der Waals surface area (Å²) in [6.45, 7) is 4.66. The molecule has 1 amide bonds. The van der Waals surface area contributed by atoms with Crippen LogP contribution in [-0.2, 0) is 4.79 Å². The van der Waals surface area contributed by atoms with Gasteiger partial charge < -0.3 is 5.32 Å². The number of fused-ring (bicyclic) bond motifs is 1. The van der Waals surface area contributed by atoms with Crippen molar-refractivity contribution in [3.63, 3.8) is 0 Å². The normalized spacial score (nSPS) is 15.4. The molecule has 0 radical (unpaired) electrons. The predicted octanol–water partition coefficient (Wildman–Crippen LogP) is 2.53. The number of amides is 1. The Kier molecular flexibility index (Phi) is 5.15. The van der Waals surface area contributed by atoms with E-state index in [1.807, 2.05) is 24.3 Å². The molecule has 0 saturated heterocycles. The molecule has 0 aliphatic heterocycles. The molecule has 0 atom stereocenters. The van der Waals surface area contributed by atoms with Crippen molar-refractivity contribution >= 4 is 23.3 Å². The number of nitrogens with zero attached hydrogens (tertiary/aromatic N) is 4. The molecule has 1 saturated carbocycles. The van der Waals surface area contributed by atoms with Crippen LogP contribution in [0.25, 0.3) is 5.65 Å². The minimum absolute atomic E-state index is 0.232. The lowest BCUT2D eigenvalue weighted by atomic mass is 10.1. The zero-order chi connectivity index (χ0) is 16.2. The molecular formula is C16H23N5OS. The lowest BCUT2D eigenvalue weighted by Gasteiger charge is -2.09. The SMILES string of the molecule is Cc1cc2nnc(SCCCNC(=O)C3CCCC3)n2c(C)n1. The highest BCUT2D eigenvalue weighted by Crippen LogP contribution is 2.24. The average molecular weight is 333 g/mol. The molecule has 2 aromatic rings. The topological polar surface area (TPSA) is 72.2 Å². The second-order valence-electron chi connectivity index (χ2n) is 6.10. The fraction of sp³-hybridized carbons (Fsp3) is 0.625. The van der Waals surface area contributed by atoms with E-state index in [9.17, 15) is 4.79 Å². The Balaban J connectivity index is 1.47. The van der Waals surface area contributed by atoms with Gasteiger partial charge in [0, 0.05) is 30.0 Å². The molecule has 23 heavy (non-hydrogen) atoms. The van der Waals surface area contributed by atoms with E-state index in [1.165, 1.54) is 12.8 Å². The van der Waals surface area contributed by atoms with Gasteiger partial charge in [0.05, 0.1) is 0 Å². The Morgan fingerprint density at radius 2 is 2.13 bits per heavy atom. The van der Waals surface area contributed by atoms with Crippen LogP contribution in [0.3, 0.4) is 0 Å². The van der Waals surface area contributed by atoms with Gasteiger partial charge in [0.25, 0.3) is 0 Å². The summed E-state index contributed by atoms with van der Waals surface area (Å²) in [5.74, 6) is 2.29. The maximum atomic E-state index is 11.9. The van der Waals surface area contributed by atoms with Crippen molar-refractivity contribution in [2.45, 2.75) is 51.1 Å². The third-order valence-corrected chi connectivity index (χ3v) is 5.25. The van der Waals surface area contributed by atoms with Crippen molar-refractivity contribution in [3.05, 3.63) is 17.6 Å². The Labute approximate surface area is 140 Å². The maximum absolute atomic E-state index is 11.9. The van der Waals surface area contributed by atoms with Gasteiger partial charge in [0.15, 0.2) is 10.8 Å². The molecule has 7 heteroatoms. The highest BCUT2D eigenvalue weighted by Gasteiger charge is 2.21. The summed E-state index contributed by atoms with van der Waals surface area (Å²) in [6.07, 6.45) is 5.42. The van der Waals surface area contributed by atoms with Crippen LogP contribution < -0.4 is 5.32 Å². The quantitative estimate of drug-likeness (QED) is 0.650. The zero-order valence-electron chi connectivity index (χ0n) is 13.7. The van der Waals surface area contributed by atoms with E-state index < -0.39 is 0 Å². The molecule has 6 nitrogen and oxygen atoms in total. The molecular weight excluding hydrogens is 310 g/mol. The van der Waals surface area contributed by atoms with Crippen LogP contribution >= 0.6 is 11.8 Å². The summed E-state index contributed by atoms with van der Waals surface area (Å²) in [6, 6.07) is 1.94. The molecule has 1 N–H and O–H groups in total. The van der Waals surface area contributed by atoms with Crippen molar-refractivity contribution in [1.29, 1.82) is 0 Å². The fourth-order valence-corrected chi connectivity index (χ4v) is 4.00. The first-order valence-corrected chi connectivity index (χ1v) is 9.23. The van der Waals surface area contributed by atoms with Gasteiger partial charge in [-0.2, -0.15) is 0 Å². The van der Waals surface area contributed by atoms with E-state index in [2.05, 4.69) is 20.5 Å². The summed E-state index contributed by atoms with van der Waals surface area (Å²) in [4.78, 5) is 16.4. The summed E-state index contributed by atoms with van der Waals surface area (Å²) in [5.41, 5.74) is 1.79. The molecule has 1 fully saturated rings. The standard InChI is InChI=1S/C16H23N5OS/c1-11-10-14-19-20-16(21(14)12(2)18-11)23-9-5-8-17-15(22)13-6-3-4-7-13/h10,13H,3-9H2,1-2H3,(H,17,22). The Hall–Kier alpha value is -1.63. The first-order valence-electron chi connectivity index (χ1n) is 8.25. The molecule has 2 aromatic heterocycles. The summed E-state index contributed by atoms with van der Waals surface area (Å²) < 4.78 is 1.98. The molecule has 0 bridgehead atoms. The highest BCUT2D eigenvalue weighted by atomic mass is 32.2. The molecule has 3 rings (SSSR count). The van der Waals surface area contributed by atoms with Gasteiger partial charge in [-0.15, -0.1) is 10.2 Å². The third kappa shape index (κ3) is 3.83. The molecule has 0 unspecified atom stereocenters. The van der Waals surface area contributed by atoms with Crippen LogP contribution in [-0.4, -0.2) is 37.8 Å². The Morgan fingerprint density at radius 1 is 1.35 bits per heavy atom. The lowest BCUT2D eigenvalue weighted by molar-refractivity contribution is -0.124. The molecule has 1 aliphatic carbocycles. The summed E-state index contributed by atoms with van der Waals surface area (Å²) in [5, 5.41) is 12.4. The van der Waals surface area contributed by atoms with Gasteiger partial charge in [0.2, 0.25) is 5.91 Å². The van der Waals surface area contributed by atoms with Crippen LogP contribution in [0.1, 0.15) is 43.6 Å². The average Bonchev–Trinajstić information content (AvgIpc) is 3.16. The van der Waals surface area contributed by atoms with Crippen LogP contribution in [0, 0.1) is 19.8 Å². The third-order valence-electron chi connectivity index (χ3n) is 4.24. The van der Waals surface area contributed by atoms with Crippen molar-refractivity contribution in [2.24, 2.45) is 5.92 Å². The van der Waals surface area contributed by atoms with Gasteiger partial charge in [-0.25, -0.2) is 4.98 Å². The van der Waals surface area contributed by atoms with Crippen molar-refractivity contribution < 1.29 is 4.79 Å². The molecule has 1 aliphatic rings. The van der Waals surface area contributed by atoms with Crippen molar-refractivity contribution in [3.8, 4) is 0 Å². The summed E-state index contributed by atoms with van der Waals surface area (Å²) in [7, 11) is 0. The zero-order valence-corrected chi connectivity index (χ0v) is 14.5. The van der Waals surface area contributed by atoms with Gasteiger partial charge in [-0.3, -0.25) is 9.20 Å². The van der Waals surface area contributed by atoms with E-state index in [0.29, 0.717) is 0 Å². The lowest BCUT2D eigenvalue weighted by Crippen LogP contribution is -2.30. The highest BCUT2D eigenvalue weighted by molar-refractivity contribution is 7.99. The maximum Gasteiger partial charge on any atom is 0.223 e. The Bertz CT molecular complexity index is 693. The minimum Gasteiger partial charge on any atom is -0.356 e. The summed E-state index contributed by atoms with van der Waals surface area (Å²) >= 11 is 1.66. The van der Waals surface area contributed by atoms with Gasteiger partial charge in [0.1, 0.15) is 5.82 Å². The second kappa shape index (κ2) is 7.29. The molecule has 0 aromatic carbocycles. The number of thioether (sulfide) groups is 1. The number of carbonyl (C=O) groups is 1. The van der Waals surface area contributed by atoms with Crippen LogP contribution in [0.2, 0.25) is 0 Å². The second-order valence-corrected chi connectivity index (χ2v) is 7.16. The first kappa shape index (κ1) is 16.2. The number of hydrogen-bond donors (Lipinski definition) is 1. The van der Waals surface area contributed by atoms with E-state index in [4.69, 9.17) is 0 Å². The van der Waals surface area contributed by atoms with Gasteiger partial charge in [-0.1, -0.05) is 24.6 Å². The number of carbonyl (C=O) groups excluding carboxylic acids is 1. The monoisotopic (exact) mass is 333 g/mol. The smallest absolute Gasteiger partial charge is 0.223 e. The van der Waals surface area contributed by atoms with Gasteiger partial charge in [-0.05, 0) is 33.1 Å². The van der Waals surface area contributed by atoms with E-state index in [1.54, 1.807) is 11.8 Å². The van der Waals surface area contributed by atoms with E-state index in [-0.39, 0.29) is 11.8 Å². The van der Waals surface area contributed by atoms with Crippen LogP contribution in [0.4, 0.5) is 0 Å². The number of nitrogens with one attached hydrogen (secondary N) is 1. The van der Waals surface area contributed by atoms with Gasteiger partial charge >= 0.3 is 0 Å². The number of aryl methyl sites for hydroxylation is 2. The first-order chi connectivity index (χ1) is 11.1. The van der Waals surface area contributed by atoms with Crippen molar-refractivity contribution in [1.82, 2.24) is 24.9 Å².